The summed E-state index contributed by atoms with van der Waals surface area (Å²) in [6, 6.07) is 4.71. The summed E-state index contributed by atoms with van der Waals surface area (Å²) < 4.78 is 0. The van der Waals surface area contributed by atoms with Gasteiger partial charge in [0, 0.05) is 24.5 Å². The fraction of sp³-hybridized carbons (Fsp3) is 0.357. The minimum absolute atomic E-state index is 0.00644. The number of aromatic nitrogens is 2. The van der Waals surface area contributed by atoms with Gasteiger partial charge in [-0.25, -0.2) is 4.98 Å². The van der Waals surface area contributed by atoms with Gasteiger partial charge in [0.2, 0.25) is 0 Å². The van der Waals surface area contributed by atoms with Gasteiger partial charge in [0.1, 0.15) is 17.3 Å². The average Bonchev–Trinajstić information content (AvgIpc) is 2.88. The number of hydrogen-bond acceptors (Lipinski definition) is 4. The molecule has 0 aliphatic rings. The van der Waals surface area contributed by atoms with Crippen molar-refractivity contribution >= 4 is 0 Å². The molecule has 1 heterocycles. The van der Waals surface area contributed by atoms with Crippen LogP contribution < -0.4 is 5.32 Å². The normalized spacial score (nSPS) is 14.2. The van der Waals surface area contributed by atoms with Gasteiger partial charge in [0.05, 0.1) is 6.04 Å². The van der Waals surface area contributed by atoms with E-state index in [4.69, 9.17) is 0 Å². The standard InChI is InChI=1S/C14H19N3O2/c1-3-13(14-15-4-5-16-14)17-9(2)10-6-11(18)8-12(19)7-10/h4-9,13,17-19H,3H2,1-2H3,(H,15,16). The highest BCUT2D eigenvalue weighted by Gasteiger charge is 2.16. The van der Waals surface area contributed by atoms with Crippen molar-refractivity contribution in [3.8, 4) is 11.5 Å². The van der Waals surface area contributed by atoms with E-state index in [0.29, 0.717) is 0 Å². The van der Waals surface area contributed by atoms with E-state index < -0.39 is 0 Å². The Morgan fingerprint density at radius 3 is 2.47 bits per heavy atom. The van der Waals surface area contributed by atoms with Crippen molar-refractivity contribution in [2.45, 2.75) is 32.4 Å². The van der Waals surface area contributed by atoms with E-state index in [1.54, 1.807) is 24.5 Å². The fourth-order valence-electron chi connectivity index (χ4n) is 2.12. The second-order valence-corrected chi connectivity index (χ2v) is 4.61. The lowest BCUT2D eigenvalue weighted by Gasteiger charge is -2.21. The van der Waals surface area contributed by atoms with Crippen LogP contribution in [-0.2, 0) is 0 Å². The van der Waals surface area contributed by atoms with E-state index in [1.807, 2.05) is 6.92 Å². The van der Waals surface area contributed by atoms with E-state index in [1.165, 1.54) is 6.07 Å². The number of imidazole rings is 1. The van der Waals surface area contributed by atoms with Crippen LogP contribution in [0, 0.1) is 0 Å². The highest BCUT2D eigenvalue weighted by atomic mass is 16.3. The summed E-state index contributed by atoms with van der Waals surface area (Å²) in [6.45, 7) is 4.06. The van der Waals surface area contributed by atoms with Crippen molar-refractivity contribution in [2.75, 3.05) is 0 Å². The summed E-state index contributed by atoms with van der Waals surface area (Å²) in [5.41, 5.74) is 0.836. The SMILES string of the molecule is CCC(NC(C)c1cc(O)cc(O)c1)c1ncc[nH]1. The molecule has 0 spiro atoms. The number of aromatic amines is 1. The largest absolute Gasteiger partial charge is 0.508 e. The Balaban J connectivity index is 2.13. The van der Waals surface area contributed by atoms with E-state index in [-0.39, 0.29) is 23.6 Å². The molecule has 2 rings (SSSR count). The predicted octanol–water partition coefficient (Wildman–Crippen LogP) is 2.62. The van der Waals surface area contributed by atoms with Crippen LogP contribution in [0.3, 0.4) is 0 Å². The number of benzene rings is 1. The van der Waals surface area contributed by atoms with E-state index in [9.17, 15) is 10.2 Å². The van der Waals surface area contributed by atoms with Gasteiger partial charge in [-0.3, -0.25) is 0 Å². The zero-order chi connectivity index (χ0) is 13.8. The molecular weight excluding hydrogens is 242 g/mol. The van der Waals surface area contributed by atoms with Gasteiger partial charge >= 0.3 is 0 Å². The lowest BCUT2D eigenvalue weighted by molar-refractivity contribution is 0.427. The molecule has 0 bridgehead atoms. The second-order valence-electron chi connectivity index (χ2n) is 4.61. The van der Waals surface area contributed by atoms with Crippen molar-refractivity contribution in [3.05, 3.63) is 42.0 Å². The number of phenols is 2. The molecule has 0 saturated carbocycles. The van der Waals surface area contributed by atoms with Gasteiger partial charge in [-0.1, -0.05) is 6.92 Å². The maximum Gasteiger partial charge on any atom is 0.123 e. The minimum Gasteiger partial charge on any atom is -0.508 e. The molecule has 4 N–H and O–H groups in total. The lowest BCUT2D eigenvalue weighted by atomic mass is 10.1. The Kier molecular flexibility index (Phi) is 4.06. The van der Waals surface area contributed by atoms with Gasteiger partial charge in [-0.05, 0) is 31.0 Å². The topological polar surface area (TPSA) is 81.2 Å². The van der Waals surface area contributed by atoms with E-state index in [2.05, 4.69) is 22.2 Å². The molecule has 0 saturated heterocycles. The third kappa shape index (κ3) is 3.26. The molecule has 2 unspecified atom stereocenters. The van der Waals surface area contributed by atoms with Crippen molar-refractivity contribution in [3.63, 3.8) is 0 Å². The molecule has 0 aliphatic heterocycles. The Hall–Kier alpha value is -2.01. The lowest BCUT2D eigenvalue weighted by Crippen LogP contribution is -2.25. The molecule has 5 nitrogen and oxygen atoms in total. The van der Waals surface area contributed by atoms with Gasteiger partial charge in [-0.15, -0.1) is 0 Å². The smallest absolute Gasteiger partial charge is 0.123 e. The molecule has 0 aliphatic carbocycles. The molecule has 19 heavy (non-hydrogen) atoms. The number of nitrogens with one attached hydrogen (secondary N) is 2. The Morgan fingerprint density at radius 2 is 1.95 bits per heavy atom. The zero-order valence-corrected chi connectivity index (χ0v) is 11.1. The first kappa shape index (κ1) is 13.4. The molecule has 2 atom stereocenters. The first-order chi connectivity index (χ1) is 9.10. The number of aromatic hydroxyl groups is 2. The number of hydrogen-bond donors (Lipinski definition) is 4. The van der Waals surface area contributed by atoms with E-state index >= 15 is 0 Å². The van der Waals surface area contributed by atoms with Crippen molar-refractivity contribution < 1.29 is 10.2 Å². The Labute approximate surface area is 112 Å². The second kappa shape index (κ2) is 5.75. The first-order valence-corrected chi connectivity index (χ1v) is 6.38. The molecule has 1 aromatic heterocycles. The molecule has 5 heteroatoms. The molecule has 0 amide bonds. The summed E-state index contributed by atoms with van der Waals surface area (Å²) in [7, 11) is 0. The molecule has 2 aromatic rings. The fourth-order valence-corrected chi connectivity index (χ4v) is 2.12. The van der Waals surface area contributed by atoms with Crippen LogP contribution in [0.25, 0.3) is 0 Å². The predicted molar refractivity (Wildman–Crippen MR) is 72.9 cm³/mol. The van der Waals surface area contributed by atoms with Crippen LogP contribution in [0.1, 0.15) is 43.7 Å². The van der Waals surface area contributed by atoms with Crippen LogP contribution in [-0.4, -0.2) is 20.2 Å². The summed E-state index contributed by atoms with van der Waals surface area (Å²) in [5, 5.41) is 22.4. The van der Waals surface area contributed by atoms with Crippen LogP contribution in [0.5, 0.6) is 11.5 Å². The first-order valence-electron chi connectivity index (χ1n) is 6.38. The number of phenolic OH excluding ortho intramolecular Hbond substituents is 2. The van der Waals surface area contributed by atoms with Gasteiger partial charge < -0.3 is 20.5 Å². The maximum absolute atomic E-state index is 9.51. The molecular formula is C14H19N3O2. The van der Waals surface area contributed by atoms with Gasteiger partial charge in [-0.2, -0.15) is 0 Å². The number of H-pyrrole nitrogens is 1. The summed E-state index contributed by atoms with van der Waals surface area (Å²) >= 11 is 0. The quantitative estimate of drug-likeness (QED) is 0.667. The van der Waals surface area contributed by atoms with Crippen molar-refractivity contribution in [1.82, 2.24) is 15.3 Å². The van der Waals surface area contributed by atoms with Crippen LogP contribution in [0.4, 0.5) is 0 Å². The monoisotopic (exact) mass is 261 g/mol. The molecule has 1 aromatic carbocycles. The van der Waals surface area contributed by atoms with Gasteiger partial charge in [0.15, 0.2) is 0 Å². The van der Waals surface area contributed by atoms with Crippen molar-refractivity contribution in [2.24, 2.45) is 0 Å². The average molecular weight is 261 g/mol. The molecule has 0 radical (unpaired) electrons. The Morgan fingerprint density at radius 1 is 1.26 bits per heavy atom. The van der Waals surface area contributed by atoms with Crippen LogP contribution in [0.2, 0.25) is 0 Å². The molecule has 102 valence electrons. The highest BCUT2D eigenvalue weighted by molar-refractivity contribution is 5.38. The number of nitrogens with zero attached hydrogens (tertiary/aromatic N) is 1. The summed E-state index contributed by atoms with van der Waals surface area (Å²) in [4.78, 5) is 7.35. The maximum atomic E-state index is 9.51. The summed E-state index contributed by atoms with van der Waals surface area (Å²) in [5.74, 6) is 1.02. The highest BCUT2D eigenvalue weighted by Crippen LogP contribution is 2.26. The van der Waals surface area contributed by atoms with Crippen LogP contribution in [0.15, 0.2) is 30.6 Å². The molecule has 0 fully saturated rings. The van der Waals surface area contributed by atoms with Crippen molar-refractivity contribution in [1.29, 1.82) is 0 Å². The van der Waals surface area contributed by atoms with E-state index in [0.717, 1.165) is 17.8 Å². The third-order valence-electron chi connectivity index (χ3n) is 3.13. The third-order valence-corrected chi connectivity index (χ3v) is 3.13. The Bertz CT molecular complexity index is 505. The zero-order valence-electron chi connectivity index (χ0n) is 11.1. The minimum atomic E-state index is -0.00644. The van der Waals surface area contributed by atoms with Gasteiger partial charge in [0.25, 0.3) is 0 Å². The summed E-state index contributed by atoms with van der Waals surface area (Å²) in [6.07, 6.45) is 4.41. The van der Waals surface area contributed by atoms with Crippen LogP contribution >= 0.6 is 0 Å². The number of rotatable bonds is 5.